The lowest BCUT2D eigenvalue weighted by Gasteiger charge is -2.23. The van der Waals surface area contributed by atoms with Crippen molar-refractivity contribution in [3.8, 4) is 0 Å². The molecule has 0 bridgehead atoms. The molecule has 0 heterocycles. The van der Waals surface area contributed by atoms with Gasteiger partial charge in [-0.3, -0.25) is 14.4 Å². The summed E-state index contributed by atoms with van der Waals surface area (Å²) in [5.41, 5.74) is 0.139. The first-order chi connectivity index (χ1) is 16.1. The van der Waals surface area contributed by atoms with Gasteiger partial charge in [-0.15, -0.1) is 0 Å². The first kappa shape index (κ1) is 32.4. The lowest BCUT2D eigenvalue weighted by Crippen LogP contribution is -2.31. The molecule has 2 atom stereocenters. The normalized spacial score (nSPS) is 13.2. The highest BCUT2D eigenvalue weighted by Crippen LogP contribution is 2.26. The van der Waals surface area contributed by atoms with Gasteiger partial charge in [0, 0.05) is 19.3 Å². The lowest BCUT2D eigenvalue weighted by atomic mass is 9.84. The number of carbonyl (C=O) groups is 3. The van der Waals surface area contributed by atoms with E-state index in [0.29, 0.717) is 19.3 Å². The molecule has 0 aliphatic heterocycles. The van der Waals surface area contributed by atoms with Crippen molar-refractivity contribution in [1.29, 1.82) is 0 Å². The van der Waals surface area contributed by atoms with Gasteiger partial charge in [-0.25, -0.2) is 0 Å². The molecule has 6 nitrogen and oxygen atoms in total. The van der Waals surface area contributed by atoms with Crippen LogP contribution in [0.15, 0.2) is 0 Å². The van der Waals surface area contributed by atoms with Gasteiger partial charge in [-0.1, -0.05) is 92.9 Å². The number of rotatable bonds is 20. The van der Waals surface area contributed by atoms with Crippen LogP contribution in [0.5, 0.6) is 0 Å². The molecule has 0 aromatic heterocycles. The predicted molar refractivity (Wildman–Crippen MR) is 136 cm³/mol. The Morgan fingerprint density at radius 2 is 1.15 bits per heavy atom. The average Bonchev–Trinajstić information content (AvgIpc) is 2.73. The molecule has 0 radical (unpaired) electrons. The quantitative estimate of drug-likeness (QED) is 0.104. The summed E-state index contributed by atoms with van der Waals surface area (Å²) in [7, 11) is 0. The van der Waals surface area contributed by atoms with Crippen LogP contribution in [0.4, 0.5) is 0 Å². The summed E-state index contributed by atoms with van der Waals surface area (Å²) >= 11 is 0. The van der Waals surface area contributed by atoms with Gasteiger partial charge in [0.25, 0.3) is 0 Å². The molecule has 0 aromatic rings. The molecular weight excluding hydrogens is 432 g/mol. The molecule has 0 aliphatic carbocycles. The first-order valence-electron chi connectivity index (χ1n) is 13.6. The standard InChI is InChI=1S/C28H52O6/c1-7-9-11-13-15-17-25(29)32-21-24(34-26(30)18-16-14-12-10-8-2)22-33-27(31)19-23(3)20-28(4,5)6/h23-24H,7-22H2,1-6H3. The summed E-state index contributed by atoms with van der Waals surface area (Å²) in [6, 6.07) is 0. The van der Waals surface area contributed by atoms with Crippen LogP contribution in [-0.4, -0.2) is 37.2 Å². The largest absolute Gasteiger partial charge is 0.462 e. The van der Waals surface area contributed by atoms with Crippen molar-refractivity contribution in [3.63, 3.8) is 0 Å². The summed E-state index contributed by atoms with van der Waals surface area (Å²) in [6.07, 6.45) is 11.5. The average molecular weight is 485 g/mol. The maximum Gasteiger partial charge on any atom is 0.306 e. The molecule has 0 amide bonds. The van der Waals surface area contributed by atoms with Crippen molar-refractivity contribution in [2.45, 2.75) is 138 Å². The number of ether oxygens (including phenoxy) is 3. The molecule has 0 aliphatic rings. The minimum absolute atomic E-state index is 0.0831. The summed E-state index contributed by atoms with van der Waals surface area (Å²) in [5.74, 6) is -0.765. The summed E-state index contributed by atoms with van der Waals surface area (Å²) < 4.78 is 16.2. The Hall–Kier alpha value is -1.59. The minimum atomic E-state index is -0.769. The van der Waals surface area contributed by atoms with Crippen molar-refractivity contribution in [2.24, 2.45) is 11.3 Å². The Bertz CT molecular complexity index is 552. The fourth-order valence-corrected chi connectivity index (χ4v) is 4.01. The summed E-state index contributed by atoms with van der Waals surface area (Å²) in [4.78, 5) is 36.7. The smallest absolute Gasteiger partial charge is 0.306 e. The van der Waals surface area contributed by atoms with Crippen LogP contribution in [0.25, 0.3) is 0 Å². The van der Waals surface area contributed by atoms with E-state index in [1.807, 2.05) is 6.92 Å². The zero-order chi connectivity index (χ0) is 25.8. The Labute approximate surface area is 208 Å². The Morgan fingerprint density at radius 1 is 0.676 bits per heavy atom. The van der Waals surface area contributed by atoms with E-state index in [1.165, 1.54) is 6.42 Å². The minimum Gasteiger partial charge on any atom is -0.462 e. The molecule has 0 saturated heterocycles. The van der Waals surface area contributed by atoms with Crippen LogP contribution in [-0.2, 0) is 28.6 Å². The molecule has 0 aromatic carbocycles. The number of carbonyl (C=O) groups excluding carboxylic acids is 3. The molecule has 0 N–H and O–H groups in total. The Kier molecular flexibility index (Phi) is 18.8. The van der Waals surface area contributed by atoms with E-state index in [-0.39, 0.29) is 42.5 Å². The van der Waals surface area contributed by atoms with E-state index in [9.17, 15) is 14.4 Å². The summed E-state index contributed by atoms with van der Waals surface area (Å²) in [5, 5.41) is 0. The molecule has 2 unspecified atom stereocenters. The van der Waals surface area contributed by atoms with Crippen molar-refractivity contribution in [1.82, 2.24) is 0 Å². The van der Waals surface area contributed by atoms with Gasteiger partial charge >= 0.3 is 17.9 Å². The number of esters is 3. The molecule has 0 spiro atoms. The van der Waals surface area contributed by atoms with Gasteiger partial charge < -0.3 is 14.2 Å². The van der Waals surface area contributed by atoms with Crippen molar-refractivity contribution in [2.75, 3.05) is 13.2 Å². The SMILES string of the molecule is CCCCCCCC(=O)OCC(COC(=O)CC(C)CC(C)(C)C)OC(=O)CCCCCCC. The van der Waals surface area contributed by atoms with E-state index in [2.05, 4.69) is 34.6 Å². The van der Waals surface area contributed by atoms with Gasteiger partial charge in [-0.05, 0) is 30.6 Å². The summed E-state index contributed by atoms with van der Waals surface area (Å²) in [6.45, 7) is 12.6. The van der Waals surface area contributed by atoms with Crippen molar-refractivity contribution in [3.05, 3.63) is 0 Å². The maximum atomic E-state index is 12.3. The zero-order valence-corrected chi connectivity index (χ0v) is 22.9. The molecule has 0 rings (SSSR count). The molecular formula is C28H52O6. The second kappa shape index (κ2) is 19.7. The molecule has 0 saturated carbocycles. The van der Waals surface area contributed by atoms with Crippen LogP contribution in [0.1, 0.15) is 131 Å². The monoisotopic (exact) mass is 484 g/mol. The molecule has 34 heavy (non-hydrogen) atoms. The highest BCUT2D eigenvalue weighted by Gasteiger charge is 2.22. The number of unbranched alkanes of at least 4 members (excludes halogenated alkanes) is 8. The molecule has 0 fully saturated rings. The molecule has 6 heteroatoms. The van der Waals surface area contributed by atoms with Crippen LogP contribution in [0.3, 0.4) is 0 Å². The van der Waals surface area contributed by atoms with Crippen molar-refractivity contribution < 1.29 is 28.6 Å². The zero-order valence-electron chi connectivity index (χ0n) is 22.9. The van der Waals surface area contributed by atoms with Gasteiger partial charge in [0.05, 0.1) is 0 Å². The highest BCUT2D eigenvalue weighted by molar-refractivity contribution is 5.71. The van der Waals surface area contributed by atoms with Crippen molar-refractivity contribution >= 4 is 17.9 Å². The third-order valence-corrected chi connectivity index (χ3v) is 5.60. The second-order valence-corrected chi connectivity index (χ2v) is 10.9. The number of hydrogen-bond acceptors (Lipinski definition) is 6. The topological polar surface area (TPSA) is 78.9 Å². The third-order valence-electron chi connectivity index (χ3n) is 5.60. The first-order valence-corrected chi connectivity index (χ1v) is 13.6. The lowest BCUT2D eigenvalue weighted by molar-refractivity contribution is -0.167. The van der Waals surface area contributed by atoms with Gasteiger partial charge in [-0.2, -0.15) is 0 Å². The Morgan fingerprint density at radius 3 is 1.65 bits per heavy atom. The molecule has 200 valence electrons. The van der Waals surface area contributed by atoms with Gasteiger partial charge in [0.15, 0.2) is 6.10 Å². The Balaban J connectivity index is 4.57. The fourth-order valence-electron chi connectivity index (χ4n) is 4.01. The third kappa shape index (κ3) is 21.0. The van der Waals surface area contributed by atoms with E-state index in [0.717, 1.165) is 64.2 Å². The van der Waals surface area contributed by atoms with Gasteiger partial charge in [0.1, 0.15) is 13.2 Å². The highest BCUT2D eigenvalue weighted by atomic mass is 16.6. The van der Waals surface area contributed by atoms with E-state index < -0.39 is 6.10 Å². The second-order valence-electron chi connectivity index (χ2n) is 10.9. The van der Waals surface area contributed by atoms with Crippen LogP contribution < -0.4 is 0 Å². The van der Waals surface area contributed by atoms with Crippen LogP contribution in [0.2, 0.25) is 0 Å². The maximum absolute atomic E-state index is 12.3. The van der Waals surface area contributed by atoms with E-state index >= 15 is 0 Å². The van der Waals surface area contributed by atoms with E-state index in [1.54, 1.807) is 0 Å². The fraction of sp³-hybridized carbons (Fsp3) is 0.893. The predicted octanol–water partition coefficient (Wildman–Crippen LogP) is 7.17. The van der Waals surface area contributed by atoms with E-state index in [4.69, 9.17) is 14.2 Å². The van der Waals surface area contributed by atoms with Gasteiger partial charge in [0.2, 0.25) is 0 Å². The van der Waals surface area contributed by atoms with Crippen LogP contribution in [0, 0.1) is 11.3 Å². The number of hydrogen-bond donors (Lipinski definition) is 0. The van der Waals surface area contributed by atoms with Crippen LogP contribution >= 0.6 is 0 Å².